The number of likely N-dealkylation sites (tertiary alicyclic amines) is 1. The van der Waals surface area contributed by atoms with Gasteiger partial charge < -0.3 is 29.6 Å². The Morgan fingerprint density at radius 1 is 1.12 bits per heavy atom. The van der Waals surface area contributed by atoms with E-state index in [2.05, 4.69) is 33.1 Å². The maximum Gasteiger partial charge on any atom is 0.220 e. The van der Waals surface area contributed by atoms with Gasteiger partial charge in [0.15, 0.2) is 5.76 Å². The number of methoxy groups -OCH3 is 1. The van der Waals surface area contributed by atoms with Gasteiger partial charge in [0.05, 0.1) is 38.1 Å². The molecule has 2 fully saturated rings. The molecule has 40 heavy (non-hydrogen) atoms. The van der Waals surface area contributed by atoms with Crippen LogP contribution in [-0.4, -0.2) is 69.7 Å². The predicted octanol–water partition coefficient (Wildman–Crippen LogP) is 4.96. The normalized spacial score (nSPS) is 26.1. The standard InChI is InChI=1S/C32H42N4O4/c1-37-28-13-6-10-25(27-12-8-15-34-31(33)35-27)22-29(28)39-20-5-4-19-38-24-32-23-26(32)11-7-14-30(32)40-21-9-18-36-16-2-3-17-36/h4-8,10-11,14-15,22,26H,2-3,9,12-13,16-21,23-24H2,1H3,(H2,33,34)/b5-4+. The van der Waals surface area contributed by atoms with E-state index in [1.807, 2.05) is 36.5 Å². The summed E-state index contributed by atoms with van der Waals surface area (Å²) in [5, 5.41) is 0. The third kappa shape index (κ3) is 7.23. The quantitative estimate of drug-likeness (QED) is 0.245. The molecule has 1 saturated carbocycles. The molecule has 1 saturated heterocycles. The Balaban J connectivity index is 1.07. The molecule has 8 nitrogen and oxygen atoms in total. The minimum atomic E-state index is 0.0173. The van der Waals surface area contributed by atoms with Crippen molar-refractivity contribution in [2.24, 2.45) is 27.1 Å². The molecule has 0 radical (unpaired) electrons. The second kappa shape index (κ2) is 13.8. The van der Waals surface area contributed by atoms with E-state index in [1.54, 1.807) is 13.3 Å². The van der Waals surface area contributed by atoms with Gasteiger partial charge in [0.1, 0.15) is 18.1 Å². The van der Waals surface area contributed by atoms with Crippen LogP contribution in [0.25, 0.3) is 0 Å². The van der Waals surface area contributed by atoms with E-state index in [0.29, 0.717) is 44.3 Å². The van der Waals surface area contributed by atoms with Crippen molar-refractivity contribution in [1.82, 2.24) is 4.90 Å². The Kier molecular flexibility index (Phi) is 9.73. The predicted molar refractivity (Wildman–Crippen MR) is 159 cm³/mol. The van der Waals surface area contributed by atoms with E-state index in [-0.39, 0.29) is 11.4 Å². The van der Waals surface area contributed by atoms with Crippen LogP contribution in [0.1, 0.15) is 38.5 Å². The van der Waals surface area contributed by atoms with Gasteiger partial charge in [0, 0.05) is 25.6 Å². The molecule has 214 valence electrons. The average molecular weight is 547 g/mol. The molecule has 2 atom stereocenters. The molecule has 2 heterocycles. The van der Waals surface area contributed by atoms with Crippen molar-refractivity contribution in [2.45, 2.75) is 38.5 Å². The van der Waals surface area contributed by atoms with Crippen LogP contribution in [-0.2, 0) is 18.9 Å². The van der Waals surface area contributed by atoms with Gasteiger partial charge in [-0.3, -0.25) is 0 Å². The van der Waals surface area contributed by atoms with Crippen LogP contribution < -0.4 is 5.73 Å². The first-order chi connectivity index (χ1) is 19.7. The lowest BCUT2D eigenvalue weighted by Gasteiger charge is -2.23. The summed E-state index contributed by atoms with van der Waals surface area (Å²) in [5.41, 5.74) is 7.66. The highest BCUT2D eigenvalue weighted by Gasteiger charge is 2.57. The summed E-state index contributed by atoms with van der Waals surface area (Å²) in [6.07, 6.45) is 26.3. The summed E-state index contributed by atoms with van der Waals surface area (Å²) in [4.78, 5) is 11.0. The molecule has 2 N–H and O–H groups in total. The summed E-state index contributed by atoms with van der Waals surface area (Å²) in [6, 6.07) is 0. The molecule has 5 aliphatic rings. The largest absolute Gasteiger partial charge is 0.497 e. The number of aliphatic imine (C=N–C) groups is 2. The first-order valence-electron chi connectivity index (χ1n) is 14.5. The Labute approximate surface area is 238 Å². The zero-order chi connectivity index (χ0) is 27.6. The van der Waals surface area contributed by atoms with Gasteiger partial charge in [-0.05, 0) is 68.5 Å². The molecule has 5 rings (SSSR count). The van der Waals surface area contributed by atoms with Gasteiger partial charge in [-0.15, -0.1) is 0 Å². The van der Waals surface area contributed by atoms with Crippen molar-refractivity contribution < 1.29 is 18.9 Å². The van der Waals surface area contributed by atoms with Crippen molar-refractivity contribution in [1.29, 1.82) is 0 Å². The number of nitrogens with zero attached hydrogens (tertiary/aromatic N) is 3. The highest BCUT2D eigenvalue weighted by Crippen LogP contribution is 2.60. The molecule has 0 aromatic carbocycles. The molecule has 0 bridgehead atoms. The van der Waals surface area contributed by atoms with Crippen LogP contribution in [0.2, 0.25) is 0 Å². The summed E-state index contributed by atoms with van der Waals surface area (Å²) in [6.45, 7) is 6.00. The first-order valence-corrected chi connectivity index (χ1v) is 14.5. The van der Waals surface area contributed by atoms with Gasteiger partial charge in [0.2, 0.25) is 5.96 Å². The van der Waals surface area contributed by atoms with Gasteiger partial charge in [-0.25, -0.2) is 9.98 Å². The summed E-state index contributed by atoms with van der Waals surface area (Å²) < 4.78 is 24.1. The number of nitrogens with two attached hydrogens (primary N) is 1. The van der Waals surface area contributed by atoms with Crippen LogP contribution in [0.4, 0.5) is 0 Å². The number of allylic oxidation sites excluding steroid dienone is 8. The van der Waals surface area contributed by atoms with Gasteiger partial charge in [0.25, 0.3) is 0 Å². The minimum Gasteiger partial charge on any atom is -0.497 e. The molecule has 2 unspecified atom stereocenters. The molecule has 0 aromatic rings. The van der Waals surface area contributed by atoms with Gasteiger partial charge in [-0.2, -0.15) is 0 Å². The molecular formula is C32H42N4O4. The third-order valence-corrected chi connectivity index (χ3v) is 7.98. The molecule has 3 aliphatic carbocycles. The lowest BCUT2D eigenvalue weighted by atomic mass is 9.98. The number of rotatable bonds is 14. The van der Waals surface area contributed by atoms with E-state index in [0.717, 1.165) is 48.8 Å². The second-order valence-corrected chi connectivity index (χ2v) is 10.8. The molecule has 0 amide bonds. The zero-order valence-electron chi connectivity index (χ0n) is 23.6. The zero-order valence-corrected chi connectivity index (χ0v) is 23.6. The Morgan fingerprint density at radius 2 is 2.00 bits per heavy atom. The summed E-state index contributed by atoms with van der Waals surface area (Å²) >= 11 is 0. The monoisotopic (exact) mass is 546 g/mol. The summed E-state index contributed by atoms with van der Waals surface area (Å²) in [5.74, 6) is 3.32. The molecule has 0 aromatic heterocycles. The fourth-order valence-corrected chi connectivity index (χ4v) is 5.64. The van der Waals surface area contributed by atoms with Crippen LogP contribution >= 0.6 is 0 Å². The van der Waals surface area contributed by atoms with Crippen molar-refractivity contribution in [3.8, 4) is 0 Å². The van der Waals surface area contributed by atoms with Crippen LogP contribution in [0.3, 0.4) is 0 Å². The molecule has 2 aliphatic heterocycles. The number of fused-ring (bicyclic) bond motifs is 1. The van der Waals surface area contributed by atoms with E-state index >= 15 is 0 Å². The van der Waals surface area contributed by atoms with Gasteiger partial charge >= 0.3 is 0 Å². The van der Waals surface area contributed by atoms with Crippen LogP contribution in [0.5, 0.6) is 0 Å². The van der Waals surface area contributed by atoms with E-state index < -0.39 is 0 Å². The lowest BCUT2D eigenvalue weighted by molar-refractivity contribution is 0.0761. The van der Waals surface area contributed by atoms with Crippen molar-refractivity contribution >= 4 is 11.7 Å². The Morgan fingerprint density at radius 3 is 2.88 bits per heavy atom. The van der Waals surface area contributed by atoms with E-state index in [4.69, 9.17) is 24.7 Å². The number of hydrogen-bond acceptors (Lipinski definition) is 8. The molecule has 0 spiro atoms. The van der Waals surface area contributed by atoms with Crippen molar-refractivity contribution in [2.75, 3.05) is 53.2 Å². The number of hydrogen-bond donors (Lipinski definition) is 1. The fraction of sp³-hybridized carbons (Fsp3) is 0.500. The molecular weight excluding hydrogens is 504 g/mol. The van der Waals surface area contributed by atoms with Gasteiger partial charge in [-0.1, -0.05) is 36.5 Å². The molecule has 8 heteroatoms. The topological polar surface area (TPSA) is 90.9 Å². The summed E-state index contributed by atoms with van der Waals surface area (Å²) in [7, 11) is 1.66. The number of guanidine groups is 1. The SMILES string of the molecule is COC1=C(OC/C=C/COCC23CC2C=CC=C3OCCCN2CCCC2)C=C(C2=NC(N)=NC=CC2)C=CC1. The maximum atomic E-state index is 6.27. The fourth-order valence-electron chi connectivity index (χ4n) is 5.64. The highest BCUT2D eigenvalue weighted by atomic mass is 16.5. The first kappa shape index (κ1) is 28.2. The van der Waals surface area contributed by atoms with Crippen molar-refractivity contribution in [3.63, 3.8) is 0 Å². The Hall–Kier alpha value is -3.36. The minimum absolute atomic E-state index is 0.0173. The van der Waals surface area contributed by atoms with E-state index in [1.165, 1.54) is 25.9 Å². The third-order valence-electron chi connectivity index (χ3n) is 7.98. The van der Waals surface area contributed by atoms with Crippen LogP contribution in [0.15, 0.2) is 93.7 Å². The maximum absolute atomic E-state index is 6.27. The number of ether oxygens (including phenoxy) is 4. The smallest absolute Gasteiger partial charge is 0.220 e. The lowest BCUT2D eigenvalue weighted by Crippen LogP contribution is -2.23. The highest BCUT2D eigenvalue weighted by molar-refractivity contribution is 6.09. The van der Waals surface area contributed by atoms with Crippen molar-refractivity contribution in [3.05, 3.63) is 83.7 Å². The average Bonchev–Trinajstić information content (AvgIpc) is 3.61. The second-order valence-electron chi connectivity index (χ2n) is 10.8. The Bertz CT molecular complexity index is 1180. The van der Waals surface area contributed by atoms with E-state index in [9.17, 15) is 0 Å². The van der Waals surface area contributed by atoms with Crippen LogP contribution in [0, 0.1) is 11.3 Å².